The van der Waals surface area contributed by atoms with Crippen LogP contribution in [0.5, 0.6) is 0 Å². The summed E-state index contributed by atoms with van der Waals surface area (Å²) in [5.41, 5.74) is 2.94. The van der Waals surface area contributed by atoms with Gasteiger partial charge in [-0.2, -0.15) is 22.7 Å². The summed E-state index contributed by atoms with van der Waals surface area (Å²) in [6.45, 7) is 3.24. The van der Waals surface area contributed by atoms with Crippen molar-refractivity contribution < 1.29 is 0 Å². The van der Waals surface area contributed by atoms with E-state index in [1.54, 1.807) is 22.7 Å². The Morgan fingerprint density at radius 1 is 1.12 bits per heavy atom. The van der Waals surface area contributed by atoms with Gasteiger partial charge in [-0.15, -0.1) is 0 Å². The van der Waals surface area contributed by atoms with E-state index in [-0.39, 0.29) is 0 Å². The predicted molar refractivity (Wildman–Crippen MR) is 78.1 cm³/mol. The minimum Gasteiger partial charge on any atom is -0.314 e. The zero-order valence-electron chi connectivity index (χ0n) is 10.2. The molecular formula is C14H19NS2. The smallest absolute Gasteiger partial charge is 0.0111 e. The maximum Gasteiger partial charge on any atom is 0.0111 e. The Labute approximate surface area is 112 Å². The zero-order valence-corrected chi connectivity index (χ0v) is 11.8. The van der Waals surface area contributed by atoms with Crippen LogP contribution < -0.4 is 5.32 Å². The van der Waals surface area contributed by atoms with Gasteiger partial charge in [-0.25, -0.2) is 0 Å². The van der Waals surface area contributed by atoms with Gasteiger partial charge in [0, 0.05) is 6.04 Å². The summed E-state index contributed by atoms with van der Waals surface area (Å²) in [6, 6.07) is 5.08. The average Bonchev–Trinajstić information content (AvgIpc) is 2.99. The van der Waals surface area contributed by atoms with Crippen molar-refractivity contribution in [3.05, 3.63) is 44.8 Å². The maximum atomic E-state index is 3.59. The minimum absolute atomic E-state index is 0.606. The lowest BCUT2D eigenvalue weighted by atomic mass is 10.0. The second kappa shape index (κ2) is 6.94. The van der Waals surface area contributed by atoms with Crippen LogP contribution in [0.2, 0.25) is 0 Å². The summed E-state index contributed by atoms with van der Waals surface area (Å²) in [5.74, 6) is 0. The van der Waals surface area contributed by atoms with Gasteiger partial charge < -0.3 is 5.32 Å². The van der Waals surface area contributed by atoms with Crippen LogP contribution in [0.1, 0.15) is 24.5 Å². The van der Waals surface area contributed by atoms with Gasteiger partial charge in [-0.1, -0.05) is 6.92 Å². The van der Waals surface area contributed by atoms with Gasteiger partial charge in [0.15, 0.2) is 0 Å². The number of likely N-dealkylation sites (N-methyl/N-ethyl adjacent to an activating group) is 1. The van der Waals surface area contributed by atoms with Crippen molar-refractivity contribution in [3.8, 4) is 0 Å². The molecule has 0 spiro atoms. The maximum absolute atomic E-state index is 3.59. The Hall–Kier alpha value is -0.640. The number of hydrogen-bond acceptors (Lipinski definition) is 3. The van der Waals surface area contributed by atoms with E-state index in [0.717, 1.165) is 13.0 Å². The molecule has 2 heterocycles. The molecule has 0 saturated heterocycles. The standard InChI is InChI=1S/C14H19NS2/c1-2-15-14(9-13-6-8-17-11-13)4-3-12-5-7-16-10-12/h5-8,10-11,14-15H,2-4,9H2,1H3. The quantitative estimate of drug-likeness (QED) is 0.799. The number of nitrogens with one attached hydrogen (secondary N) is 1. The van der Waals surface area contributed by atoms with Gasteiger partial charge in [0.05, 0.1) is 0 Å². The normalized spacial score (nSPS) is 12.8. The van der Waals surface area contributed by atoms with Crippen molar-refractivity contribution in [2.24, 2.45) is 0 Å². The van der Waals surface area contributed by atoms with Crippen molar-refractivity contribution in [1.29, 1.82) is 0 Å². The van der Waals surface area contributed by atoms with E-state index in [2.05, 4.69) is 45.9 Å². The molecule has 0 fully saturated rings. The molecule has 0 radical (unpaired) electrons. The first-order chi connectivity index (χ1) is 8.38. The van der Waals surface area contributed by atoms with Crippen LogP contribution in [0.25, 0.3) is 0 Å². The first-order valence-electron chi connectivity index (χ1n) is 6.14. The summed E-state index contributed by atoms with van der Waals surface area (Å²) in [7, 11) is 0. The van der Waals surface area contributed by atoms with E-state index >= 15 is 0 Å². The molecule has 1 nitrogen and oxygen atoms in total. The van der Waals surface area contributed by atoms with Gasteiger partial charge in [0.2, 0.25) is 0 Å². The monoisotopic (exact) mass is 265 g/mol. The summed E-state index contributed by atoms with van der Waals surface area (Å²) < 4.78 is 0. The molecule has 0 aromatic carbocycles. The third-order valence-corrected chi connectivity index (χ3v) is 4.38. The Balaban J connectivity index is 1.84. The van der Waals surface area contributed by atoms with Gasteiger partial charge >= 0.3 is 0 Å². The topological polar surface area (TPSA) is 12.0 Å². The number of rotatable bonds is 7. The molecule has 0 amide bonds. The molecule has 0 bridgehead atoms. The Morgan fingerprint density at radius 3 is 2.41 bits per heavy atom. The molecule has 0 aliphatic heterocycles. The van der Waals surface area contributed by atoms with E-state index < -0.39 is 0 Å². The predicted octanol–water partition coefficient (Wildman–Crippen LogP) is 3.96. The third-order valence-electron chi connectivity index (χ3n) is 2.92. The van der Waals surface area contributed by atoms with Crippen molar-refractivity contribution in [2.45, 2.75) is 32.2 Å². The molecule has 1 N–H and O–H groups in total. The van der Waals surface area contributed by atoms with Crippen LogP contribution in [0.4, 0.5) is 0 Å². The van der Waals surface area contributed by atoms with Crippen LogP contribution in [-0.2, 0) is 12.8 Å². The van der Waals surface area contributed by atoms with Gasteiger partial charge in [-0.3, -0.25) is 0 Å². The molecule has 1 atom stereocenters. The fourth-order valence-electron chi connectivity index (χ4n) is 2.03. The molecule has 0 aliphatic carbocycles. The number of hydrogen-bond donors (Lipinski definition) is 1. The van der Waals surface area contributed by atoms with E-state index in [0.29, 0.717) is 6.04 Å². The first-order valence-corrected chi connectivity index (χ1v) is 8.02. The summed E-state index contributed by atoms with van der Waals surface area (Å²) in [5, 5.41) is 12.4. The fourth-order valence-corrected chi connectivity index (χ4v) is 3.42. The van der Waals surface area contributed by atoms with Crippen LogP contribution in [0.15, 0.2) is 33.7 Å². The average molecular weight is 265 g/mol. The second-order valence-corrected chi connectivity index (χ2v) is 5.82. The molecular weight excluding hydrogens is 246 g/mol. The van der Waals surface area contributed by atoms with Crippen LogP contribution >= 0.6 is 22.7 Å². The van der Waals surface area contributed by atoms with Gasteiger partial charge in [-0.05, 0) is 70.6 Å². The highest BCUT2D eigenvalue weighted by Crippen LogP contribution is 2.14. The largest absolute Gasteiger partial charge is 0.314 e. The van der Waals surface area contributed by atoms with E-state index in [9.17, 15) is 0 Å². The van der Waals surface area contributed by atoms with Crippen molar-refractivity contribution >= 4 is 22.7 Å². The third kappa shape index (κ3) is 4.26. The molecule has 2 aromatic heterocycles. The van der Waals surface area contributed by atoms with Gasteiger partial charge in [0.25, 0.3) is 0 Å². The SMILES string of the molecule is CCNC(CCc1ccsc1)Cc1ccsc1. The lowest BCUT2D eigenvalue weighted by molar-refractivity contribution is 0.492. The molecule has 1 unspecified atom stereocenters. The summed E-state index contributed by atoms with van der Waals surface area (Å²) in [4.78, 5) is 0. The Morgan fingerprint density at radius 2 is 1.82 bits per heavy atom. The zero-order chi connectivity index (χ0) is 11.9. The van der Waals surface area contributed by atoms with Crippen LogP contribution in [0.3, 0.4) is 0 Å². The van der Waals surface area contributed by atoms with Crippen LogP contribution in [-0.4, -0.2) is 12.6 Å². The van der Waals surface area contributed by atoms with Crippen molar-refractivity contribution in [3.63, 3.8) is 0 Å². The number of thiophene rings is 2. The Bertz CT molecular complexity index is 392. The Kier molecular flexibility index (Phi) is 5.23. The molecule has 0 saturated carbocycles. The fraction of sp³-hybridized carbons (Fsp3) is 0.429. The molecule has 2 rings (SSSR count). The lowest BCUT2D eigenvalue weighted by Gasteiger charge is -2.16. The molecule has 0 aliphatic rings. The van der Waals surface area contributed by atoms with Crippen molar-refractivity contribution in [1.82, 2.24) is 5.32 Å². The molecule has 3 heteroatoms. The summed E-state index contributed by atoms with van der Waals surface area (Å²) in [6.07, 6.45) is 3.56. The first kappa shape index (κ1) is 12.8. The highest BCUT2D eigenvalue weighted by Gasteiger charge is 2.09. The second-order valence-electron chi connectivity index (χ2n) is 4.26. The number of aryl methyl sites for hydroxylation is 1. The summed E-state index contributed by atoms with van der Waals surface area (Å²) >= 11 is 3.58. The molecule has 92 valence electrons. The minimum atomic E-state index is 0.606. The highest BCUT2D eigenvalue weighted by atomic mass is 32.1. The van der Waals surface area contributed by atoms with Crippen molar-refractivity contribution in [2.75, 3.05) is 6.54 Å². The van der Waals surface area contributed by atoms with Crippen LogP contribution in [0, 0.1) is 0 Å². The molecule has 2 aromatic rings. The van der Waals surface area contributed by atoms with E-state index in [4.69, 9.17) is 0 Å². The molecule has 17 heavy (non-hydrogen) atoms. The van der Waals surface area contributed by atoms with Gasteiger partial charge in [0.1, 0.15) is 0 Å². The van der Waals surface area contributed by atoms with E-state index in [1.165, 1.54) is 24.0 Å². The lowest BCUT2D eigenvalue weighted by Crippen LogP contribution is -2.31. The van der Waals surface area contributed by atoms with E-state index in [1.807, 2.05) is 0 Å². The highest BCUT2D eigenvalue weighted by molar-refractivity contribution is 7.08.